The largest absolute Gasteiger partial charge is 0.459 e. The van der Waals surface area contributed by atoms with E-state index in [2.05, 4.69) is 5.32 Å². The quantitative estimate of drug-likeness (QED) is 0.832. The minimum absolute atomic E-state index is 0.0422. The van der Waals surface area contributed by atoms with E-state index < -0.39 is 0 Å². The van der Waals surface area contributed by atoms with Gasteiger partial charge in [-0.25, -0.2) is 0 Å². The molecule has 0 aromatic carbocycles. The third kappa shape index (κ3) is 2.70. The molecule has 98 valence electrons. The van der Waals surface area contributed by atoms with Gasteiger partial charge in [0, 0.05) is 25.7 Å². The van der Waals surface area contributed by atoms with Crippen molar-refractivity contribution in [3.63, 3.8) is 0 Å². The number of carbonyl (C=O) groups excluding carboxylic acids is 2. The number of hydrogen-bond donors (Lipinski definition) is 1. The molecule has 1 aliphatic heterocycles. The molecule has 2 amide bonds. The van der Waals surface area contributed by atoms with E-state index in [1.807, 2.05) is 6.92 Å². The zero-order valence-electron chi connectivity index (χ0n) is 10.4. The van der Waals surface area contributed by atoms with Crippen molar-refractivity contribution in [2.45, 2.75) is 13.0 Å². The number of amides is 2. The molecule has 1 aliphatic rings. The molecule has 0 spiro atoms. The van der Waals surface area contributed by atoms with Crippen molar-refractivity contribution in [1.82, 2.24) is 10.2 Å². The highest BCUT2D eigenvalue weighted by molar-refractivity contribution is 5.92. The minimum atomic E-state index is -0.263. The third-order valence-electron chi connectivity index (χ3n) is 2.90. The third-order valence-corrected chi connectivity index (χ3v) is 2.90. The van der Waals surface area contributed by atoms with Gasteiger partial charge >= 0.3 is 0 Å². The maximum absolute atomic E-state index is 11.8. The van der Waals surface area contributed by atoms with Crippen molar-refractivity contribution in [3.8, 4) is 0 Å². The Bertz CT molecular complexity index is 455. The van der Waals surface area contributed by atoms with E-state index in [1.165, 1.54) is 6.26 Å². The van der Waals surface area contributed by atoms with Crippen LogP contribution < -0.4 is 5.32 Å². The molecule has 0 aliphatic carbocycles. The SMILES string of the molecule is Cc1ccoc1C(=O)NC[C@H]1CN(C)C(=O)CO1. The second-order valence-electron chi connectivity index (χ2n) is 4.35. The molecule has 6 heteroatoms. The zero-order chi connectivity index (χ0) is 13.1. The van der Waals surface area contributed by atoms with Crippen LogP contribution in [0.2, 0.25) is 0 Å². The number of nitrogens with zero attached hydrogens (tertiary/aromatic N) is 1. The van der Waals surface area contributed by atoms with Gasteiger partial charge < -0.3 is 19.4 Å². The predicted molar refractivity (Wildman–Crippen MR) is 63.2 cm³/mol. The van der Waals surface area contributed by atoms with Crippen LogP contribution in [-0.4, -0.2) is 49.6 Å². The van der Waals surface area contributed by atoms with Gasteiger partial charge in [0.25, 0.3) is 5.91 Å². The summed E-state index contributed by atoms with van der Waals surface area (Å²) in [6.45, 7) is 2.71. The molecule has 0 radical (unpaired) electrons. The molecule has 1 aromatic heterocycles. The second kappa shape index (κ2) is 5.22. The van der Waals surface area contributed by atoms with Crippen LogP contribution in [0.3, 0.4) is 0 Å². The van der Waals surface area contributed by atoms with Crippen LogP contribution in [0, 0.1) is 6.92 Å². The first kappa shape index (κ1) is 12.6. The Labute approximate surface area is 105 Å². The highest BCUT2D eigenvalue weighted by Gasteiger charge is 2.24. The van der Waals surface area contributed by atoms with E-state index in [4.69, 9.17) is 9.15 Å². The summed E-state index contributed by atoms with van der Waals surface area (Å²) in [6.07, 6.45) is 1.31. The summed E-state index contributed by atoms with van der Waals surface area (Å²) in [7, 11) is 1.72. The van der Waals surface area contributed by atoms with E-state index in [0.717, 1.165) is 5.56 Å². The lowest BCUT2D eigenvalue weighted by molar-refractivity contribution is -0.146. The van der Waals surface area contributed by atoms with Crippen molar-refractivity contribution < 1.29 is 18.7 Å². The Morgan fingerprint density at radius 1 is 1.61 bits per heavy atom. The molecule has 6 nitrogen and oxygen atoms in total. The van der Waals surface area contributed by atoms with Gasteiger partial charge in [-0.1, -0.05) is 0 Å². The van der Waals surface area contributed by atoms with E-state index in [9.17, 15) is 9.59 Å². The number of likely N-dealkylation sites (N-methyl/N-ethyl adjacent to an activating group) is 1. The van der Waals surface area contributed by atoms with Gasteiger partial charge in [0.05, 0.1) is 12.4 Å². The normalized spacial score (nSPS) is 20.0. The lowest BCUT2D eigenvalue weighted by atomic mass is 10.2. The van der Waals surface area contributed by atoms with Crippen LogP contribution >= 0.6 is 0 Å². The lowest BCUT2D eigenvalue weighted by Crippen LogP contribution is -2.48. The molecule has 1 atom stereocenters. The van der Waals surface area contributed by atoms with Gasteiger partial charge in [-0.2, -0.15) is 0 Å². The monoisotopic (exact) mass is 252 g/mol. The first-order valence-corrected chi connectivity index (χ1v) is 5.76. The van der Waals surface area contributed by atoms with Gasteiger partial charge in [-0.05, 0) is 13.0 Å². The number of rotatable bonds is 3. The molecule has 0 bridgehead atoms. The summed E-state index contributed by atoms with van der Waals surface area (Å²) in [4.78, 5) is 24.6. The average Bonchev–Trinajstić information content (AvgIpc) is 2.77. The second-order valence-corrected chi connectivity index (χ2v) is 4.35. The molecule has 1 fully saturated rings. The van der Waals surface area contributed by atoms with Crippen LogP contribution in [-0.2, 0) is 9.53 Å². The van der Waals surface area contributed by atoms with Gasteiger partial charge in [0.1, 0.15) is 6.61 Å². The number of carbonyl (C=O) groups is 2. The van der Waals surface area contributed by atoms with Crippen molar-refractivity contribution in [2.75, 3.05) is 26.7 Å². The van der Waals surface area contributed by atoms with Gasteiger partial charge in [0.2, 0.25) is 5.91 Å². The molecular formula is C12H16N2O4. The fraction of sp³-hybridized carbons (Fsp3) is 0.500. The number of ether oxygens (including phenoxy) is 1. The molecule has 1 saturated heterocycles. The Morgan fingerprint density at radius 2 is 2.39 bits per heavy atom. The number of furan rings is 1. The van der Waals surface area contributed by atoms with Crippen molar-refractivity contribution in [3.05, 3.63) is 23.7 Å². The van der Waals surface area contributed by atoms with Gasteiger partial charge in [0.15, 0.2) is 5.76 Å². The average molecular weight is 252 g/mol. The maximum Gasteiger partial charge on any atom is 0.287 e. The molecule has 1 aromatic rings. The van der Waals surface area contributed by atoms with E-state index in [1.54, 1.807) is 18.0 Å². The van der Waals surface area contributed by atoms with Crippen LogP contribution in [0.1, 0.15) is 16.1 Å². The Kier molecular flexibility index (Phi) is 3.66. The maximum atomic E-state index is 11.8. The van der Waals surface area contributed by atoms with E-state index in [-0.39, 0.29) is 24.5 Å². The van der Waals surface area contributed by atoms with E-state index in [0.29, 0.717) is 18.8 Å². The molecule has 2 rings (SSSR count). The van der Waals surface area contributed by atoms with Gasteiger partial charge in [-0.3, -0.25) is 9.59 Å². The number of morpholine rings is 1. The lowest BCUT2D eigenvalue weighted by Gasteiger charge is -2.29. The highest BCUT2D eigenvalue weighted by atomic mass is 16.5. The molecule has 18 heavy (non-hydrogen) atoms. The summed E-state index contributed by atoms with van der Waals surface area (Å²) in [5.74, 6) is 0.00958. The van der Waals surface area contributed by atoms with Crippen molar-refractivity contribution in [1.29, 1.82) is 0 Å². The molecule has 2 heterocycles. The van der Waals surface area contributed by atoms with Crippen molar-refractivity contribution >= 4 is 11.8 Å². The highest BCUT2D eigenvalue weighted by Crippen LogP contribution is 2.09. The Hall–Kier alpha value is -1.82. The van der Waals surface area contributed by atoms with Crippen LogP contribution in [0.5, 0.6) is 0 Å². The summed E-state index contributed by atoms with van der Waals surface area (Å²) in [5, 5.41) is 2.74. The predicted octanol–water partition coefficient (Wildman–Crippen LogP) is 0.175. The molecule has 0 saturated carbocycles. The summed E-state index contributed by atoms with van der Waals surface area (Å²) >= 11 is 0. The smallest absolute Gasteiger partial charge is 0.287 e. The van der Waals surface area contributed by atoms with Gasteiger partial charge in [-0.15, -0.1) is 0 Å². The van der Waals surface area contributed by atoms with Crippen LogP contribution in [0.4, 0.5) is 0 Å². The number of hydrogen-bond acceptors (Lipinski definition) is 4. The summed E-state index contributed by atoms with van der Waals surface area (Å²) in [5.41, 5.74) is 0.796. The van der Waals surface area contributed by atoms with Crippen molar-refractivity contribution in [2.24, 2.45) is 0 Å². The molecular weight excluding hydrogens is 236 g/mol. The molecule has 1 N–H and O–H groups in total. The number of nitrogens with one attached hydrogen (secondary N) is 1. The first-order chi connectivity index (χ1) is 8.58. The summed E-state index contributed by atoms with van der Waals surface area (Å²) in [6, 6.07) is 1.73. The van der Waals surface area contributed by atoms with Crippen LogP contribution in [0.15, 0.2) is 16.7 Å². The van der Waals surface area contributed by atoms with E-state index >= 15 is 0 Å². The standard InChI is InChI=1S/C12H16N2O4/c1-8-3-4-17-11(8)12(16)13-5-9-6-14(2)10(15)7-18-9/h3-4,9H,5-7H2,1-2H3,(H,13,16)/t9-/m0/s1. The minimum Gasteiger partial charge on any atom is -0.459 e. The zero-order valence-corrected chi connectivity index (χ0v) is 10.4. The first-order valence-electron chi connectivity index (χ1n) is 5.76. The fourth-order valence-electron chi connectivity index (χ4n) is 1.77. The Balaban J connectivity index is 1.84. The number of aryl methyl sites for hydroxylation is 1. The van der Waals surface area contributed by atoms with Crippen LogP contribution in [0.25, 0.3) is 0 Å². The molecule has 0 unspecified atom stereocenters. The fourth-order valence-corrected chi connectivity index (χ4v) is 1.77. The Morgan fingerprint density at radius 3 is 3.00 bits per heavy atom. The summed E-state index contributed by atoms with van der Waals surface area (Å²) < 4.78 is 10.4. The topological polar surface area (TPSA) is 71.8 Å².